The van der Waals surface area contributed by atoms with Crippen LogP contribution in [-0.4, -0.2) is 29.2 Å². The van der Waals surface area contributed by atoms with Gasteiger partial charge in [-0.05, 0) is 41.9 Å². The Kier molecular flexibility index (Phi) is 7.18. The minimum Gasteiger partial charge on any atom is -0.380 e. The lowest BCUT2D eigenvalue weighted by molar-refractivity contribution is 0.0946. The van der Waals surface area contributed by atoms with Crippen molar-refractivity contribution >= 4 is 23.4 Å². The molecule has 0 saturated heterocycles. The monoisotopic (exact) mass is 365 g/mol. The summed E-state index contributed by atoms with van der Waals surface area (Å²) in [6, 6.07) is 12.8. The maximum absolute atomic E-state index is 12.6. The number of halogens is 2. The molecule has 0 radical (unpaired) electrons. The molecule has 7 heteroatoms. The van der Waals surface area contributed by atoms with E-state index in [0.717, 1.165) is 5.69 Å². The van der Waals surface area contributed by atoms with Gasteiger partial charge >= 0.3 is 0 Å². The van der Waals surface area contributed by atoms with E-state index in [1.54, 1.807) is 6.07 Å². The van der Waals surface area contributed by atoms with Crippen LogP contribution in [0.4, 0.5) is 14.5 Å². The van der Waals surface area contributed by atoms with Crippen LogP contribution in [0.5, 0.6) is 0 Å². The first-order valence-electron chi connectivity index (χ1n) is 7.97. The third kappa shape index (κ3) is 6.01. The molecule has 0 saturated carbocycles. The summed E-state index contributed by atoms with van der Waals surface area (Å²) in [6.07, 6.45) is 1.40. The van der Waals surface area contributed by atoms with E-state index in [0.29, 0.717) is 6.54 Å². The Hall–Kier alpha value is -2.15. The topological polar surface area (TPSA) is 54.0 Å². The van der Waals surface area contributed by atoms with E-state index in [4.69, 9.17) is 0 Å². The van der Waals surface area contributed by atoms with Gasteiger partial charge in [-0.3, -0.25) is 4.79 Å². The molecule has 134 valence electrons. The minimum atomic E-state index is -2.62. The maximum atomic E-state index is 12.6. The second-order valence-corrected chi connectivity index (χ2v) is 6.78. The molecule has 1 atom stereocenters. The maximum Gasteiger partial charge on any atom is 0.290 e. The predicted molar refractivity (Wildman–Crippen MR) is 97.1 cm³/mol. The second-order valence-electron chi connectivity index (χ2n) is 5.81. The molecule has 0 spiro atoms. The van der Waals surface area contributed by atoms with Gasteiger partial charge in [-0.25, -0.2) is 4.98 Å². The predicted octanol–water partition coefficient (Wildman–Crippen LogP) is 4.26. The summed E-state index contributed by atoms with van der Waals surface area (Å²) in [5.41, 5.74) is 1.13. The van der Waals surface area contributed by atoms with Gasteiger partial charge in [-0.15, -0.1) is 0 Å². The van der Waals surface area contributed by atoms with Crippen LogP contribution in [0, 0.1) is 5.92 Å². The number of benzene rings is 1. The van der Waals surface area contributed by atoms with Gasteiger partial charge in [-0.1, -0.05) is 32.0 Å². The molecule has 0 aliphatic heterocycles. The van der Waals surface area contributed by atoms with Gasteiger partial charge in [0.2, 0.25) is 0 Å². The molecule has 1 amide bonds. The van der Waals surface area contributed by atoms with Gasteiger partial charge in [0.25, 0.3) is 11.7 Å². The first-order chi connectivity index (χ1) is 12.0. The number of nitrogens with one attached hydrogen (secondary N) is 2. The van der Waals surface area contributed by atoms with E-state index in [2.05, 4.69) is 29.5 Å². The number of hydrogen-bond acceptors (Lipinski definition) is 4. The highest BCUT2D eigenvalue weighted by Gasteiger charge is 2.19. The first-order valence-corrected chi connectivity index (χ1v) is 8.85. The molecular weight excluding hydrogens is 344 g/mol. The van der Waals surface area contributed by atoms with Crippen LogP contribution in [0.15, 0.2) is 53.7 Å². The van der Waals surface area contributed by atoms with Crippen molar-refractivity contribution in [3.8, 4) is 0 Å². The number of rotatable bonds is 8. The summed E-state index contributed by atoms with van der Waals surface area (Å²) in [4.78, 5) is 16.3. The average Bonchev–Trinajstić information content (AvgIpc) is 2.59. The van der Waals surface area contributed by atoms with E-state index in [9.17, 15) is 13.6 Å². The Morgan fingerprint density at radius 1 is 1.16 bits per heavy atom. The number of pyridine rings is 1. The van der Waals surface area contributed by atoms with Crippen LogP contribution < -0.4 is 10.6 Å². The van der Waals surface area contributed by atoms with Gasteiger partial charge in [-0.2, -0.15) is 8.78 Å². The highest BCUT2D eigenvalue weighted by Crippen LogP contribution is 2.26. The van der Waals surface area contributed by atoms with E-state index >= 15 is 0 Å². The van der Waals surface area contributed by atoms with Crippen molar-refractivity contribution in [1.29, 1.82) is 0 Å². The molecule has 25 heavy (non-hydrogen) atoms. The number of amides is 1. The van der Waals surface area contributed by atoms with Crippen LogP contribution in [0.2, 0.25) is 0 Å². The second kappa shape index (κ2) is 9.36. The number of carbonyl (C=O) groups is 1. The summed E-state index contributed by atoms with van der Waals surface area (Å²) in [5, 5.41) is 6.23. The van der Waals surface area contributed by atoms with Crippen molar-refractivity contribution in [2.75, 3.05) is 11.9 Å². The number of anilines is 1. The fourth-order valence-electron chi connectivity index (χ4n) is 2.24. The van der Waals surface area contributed by atoms with E-state index in [1.165, 1.54) is 12.3 Å². The third-order valence-corrected chi connectivity index (χ3v) is 4.36. The molecule has 0 aliphatic carbocycles. The highest BCUT2D eigenvalue weighted by atomic mass is 32.2. The van der Waals surface area contributed by atoms with E-state index in [-0.39, 0.29) is 34.3 Å². The van der Waals surface area contributed by atoms with Crippen LogP contribution in [0.25, 0.3) is 0 Å². The Labute approximate surface area is 150 Å². The number of para-hydroxylation sites is 1. The Morgan fingerprint density at radius 3 is 2.52 bits per heavy atom. The Morgan fingerprint density at radius 2 is 1.88 bits per heavy atom. The van der Waals surface area contributed by atoms with Gasteiger partial charge in [0, 0.05) is 24.5 Å². The molecule has 4 nitrogen and oxygen atoms in total. The van der Waals surface area contributed by atoms with Gasteiger partial charge in [0.1, 0.15) is 5.03 Å². The van der Waals surface area contributed by atoms with E-state index < -0.39 is 11.7 Å². The molecule has 0 aliphatic rings. The molecule has 2 rings (SSSR count). The summed E-state index contributed by atoms with van der Waals surface area (Å²) in [7, 11) is 0. The molecular formula is C18H21F2N3OS. The molecule has 2 N–H and O–H groups in total. The standard InChI is InChI=1S/C18H21F2N3OS/c1-12(2)15(23-13-7-4-3-5-8-13)11-22-16(24)14-9-6-10-21-17(14)25-18(19)20/h3-10,12,15,18,23H,11H2,1-2H3,(H,22,24). The van der Waals surface area contributed by atoms with Crippen LogP contribution in [0.1, 0.15) is 24.2 Å². The number of nitrogens with zero attached hydrogens (tertiary/aromatic N) is 1. The highest BCUT2D eigenvalue weighted by molar-refractivity contribution is 7.99. The van der Waals surface area contributed by atoms with Crippen LogP contribution >= 0.6 is 11.8 Å². The Bertz CT molecular complexity index is 683. The van der Waals surface area contributed by atoms with Gasteiger partial charge in [0.15, 0.2) is 0 Å². The summed E-state index contributed by atoms with van der Waals surface area (Å²) in [6.45, 7) is 4.48. The van der Waals surface area contributed by atoms with Crippen molar-refractivity contribution in [2.24, 2.45) is 5.92 Å². The largest absolute Gasteiger partial charge is 0.380 e. The zero-order valence-electron chi connectivity index (χ0n) is 14.1. The lowest BCUT2D eigenvalue weighted by Gasteiger charge is -2.24. The van der Waals surface area contributed by atoms with Gasteiger partial charge in [0.05, 0.1) is 5.56 Å². The third-order valence-electron chi connectivity index (χ3n) is 3.63. The number of thioether (sulfide) groups is 1. The lowest BCUT2D eigenvalue weighted by Crippen LogP contribution is -2.39. The number of aromatic nitrogens is 1. The summed E-state index contributed by atoms with van der Waals surface area (Å²) >= 11 is 0.276. The summed E-state index contributed by atoms with van der Waals surface area (Å²) in [5.74, 6) is -2.76. The molecule has 0 bridgehead atoms. The quantitative estimate of drug-likeness (QED) is 0.686. The van der Waals surface area contributed by atoms with E-state index in [1.807, 2.05) is 30.3 Å². The molecule has 2 aromatic rings. The Balaban J connectivity index is 2.02. The van der Waals surface area contributed by atoms with Crippen molar-refractivity contribution in [1.82, 2.24) is 10.3 Å². The molecule has 0 fully saturated rings. The van der Waals surface area contributed by atoms with Crippen molar-refractivity contribution in [3.05, 3.63) is 54.2 Å². The molecule has 1 aromatic carbocycles. The number of hydrogen-bond donors (Lipinski definition) is 2. The zero-order valence-corrected chi connectivity index (χ0v) is 14.9. The molecule has 1 aromatic heterocycles. The minimum absolute atomic E-state index is 0.00854. The molecule has 1 heterocycles. The van der Waals surface area contributed by atoms with Gasteiger partial charge < -0.3 is 10.6 Å². The smallest absolute Gasteiger partial charge is 0.290 e. The van der Waals surface area contributed by atoms with Crippen LogP contribution in [-0.2, 0) is 0 Å². The number of alkyl halides is 2. The summed E-state index contributed by atoms with van der Waals surface area (Å²) < 4.78 is 25.2. The van der Waals surface area contributed by atoms with Crippen molar-refractivity contribution in [2.45, 2.75) is 30.7 Å². The fraction of sp³-hybridized carbons (Fsp3) is 0.333. The van der Waals surface area contributed by atoms with Crippen molar-refractivity contribution < 1.29 is 13.6 Å². The van der Waals surface area contributed by atoms with Crippen LogP contribution in [0.3, 0.4) is 0 Å². The SMILES string of the molecule is CC(C)C(CNC(=O)c1cccnc1SC(F)F)Nc1ccccc1. The zero-order chi connectivity index (χ0) is 18.2. The van der Waals surface area contributed by atoms with Crippen molar-refractivity contribution in [3.63, 3.8) is 0 Å². The normalized spacial score (nSPS) is 12.2. The lowest BCUT2D eigenvalue weighted by atomic mass is 10.0. The molecule has 1 unspecified atom stereocenters. The first kappa shape index (κ1) is 19.2. The fourth-order valence-corrected chi connectivity index (χ4v) is 2.82. The number of carbonyl (C=O) groups excluding carboxylic acids is 1. The average molecular weight is 365 g/mol.